The summed E-state index contributed by atoms with van der Waals surface area (Å²) in [6, 6.07) is 9.08. The standard InChI is InChI=1S/C34H53N3O4S/c1-7-13-30(38)23(2)24(3)32(40)35-28(22-42-27-16-9-8-10-17-27)31(39)21-37-20-26-15-12-11-14-25(18-26)19-29(37)33(41)36-34(4,5)6/h8-10,13,16-17,25-26,28-29,31,38-39H,7,11-12,14-15,18-22H2,1-6H3,(H,35,40)(H,36,41)/b24-23+,30-13+/t25?,26?,28-,29-,31?/m0/s1. The lowest BCUT2D eigenvalue weighted by atomic mass is 9.90. The molecule has 0 spiro atoms. The monoisotopic (exact) mass is 599 g/mol. The van der Waals surface area contributed by atoms with E-state index in [0.717, 1.165) is 37.1 Å². The van der Waals surface area contributed by atoms with Gasteiger partial charge in [0.15, 0.2) is 0 Å². The molecule has 1 aliphatic heterocycles. The molecule has 1 heterocycles. The average Bonchev–Trinajstić information content (AvgIpc) is 3.26. The molecule has 1 aromatic rings. The molecular formula is C34H53N3O4S. The molecule has 0 radical (unpaired) electrons. The fourth-order valence-corrected chi connectivity index (χ4v) is 7.14. The van der Waals surface area contributed by atoms with E-state index in [4.69, 9.17) is 0 Å². The lowest BCUT2D eigenvalue weighted by Crippen LogP contribution is -2.57. The SMILES string of the molecule is CC/C=C(O)\C(C)=C(/C)C(=O)N[C@@H](CSc1ccccc1)C(O)CN1CC2CCCCC(C2)C[C@H]1C(=O)NC(C)(C)C. The number of aliphatic hydroxyl groups is 2. The second kappa shape index (κ2) is 16.0. The highest BCUT2D eigenvalue weighted by molar-refractivity contribution is 7.99. The molecule has 1 aliphatic carbocycles. The molecule has 3 unspecified atom stereocenters. The number of amides is 2. The van der Waals surface area contributed by atoms with Gasteiger partial charge in [-0.2, -0.15) is 0 Å². The molecule has 4 N–H and O–H groups in total. The van der Waals surface area contributed by atoms with Crippen LogP contribution < -0.4 is 10.6 Å². The predicted octanol–water partition coefficient (Wildman–Crippen LogP) is 6.00. The fourth-order valence-electron chi connectivity index (χ4n) is 6.11. The van der Waals surface area contributed by atoms with Crippen molar-refractivity contribution in [3.05, 3.63) is 53.3 Å². The van der Waals surface area contributed by atoms with Gasteiger partial charge < -0.3 is 20.8 Å². The number of nitrogens with one attached hydrogen (secondary N) is 2. The number of carbonyl (C=O) groups is 2. The minimum atomic E-state index is -0.886. The summed E-state index contributed by atoms with van der Waals surface area (Å²) in [5.41, 5.74) is 0.594. The fraction of sp³-hybridized carbons (Fsp3) is 0.647. The Labute approximate surface area is 257 Å². The smallest absolute Gasteiger partial charge is 0.247 e. The van der Waals surface area contributed by atoms with E-state index in [1.165, 1.54) is 12.8 Å². The van der Waals surface area contributed by atoms with Crippen molar-refractivity contribution in [2.45, 2.75) is 115 Å². The zero-order valence-electron chi connectivity index (χ0n) is 26.5. The molecule has 1 saturated heterocycles. The van der Waals surface area contributed by atoms with Crippen LogP contribution in [0.15, 0.2) is 58.2 Å². The van der Waals surface area contributed by atoms with Crippen molar-refractivity contribution in [3.8, 4) is 0 Å². The summed E-state index contributed by atoms with van der Waals surface area (Å²) in [5.74, 6) is 1.29. The molecular weight excluding hydrogens is 546 g/mol. The quantitative estimate of drug-likeness (QED) is 0.108. The van der Waals surface area contributed by atoms with Crippen LogP contribution in [-0.2, 0) is 9.59 Å². The van der Waals surface area contributed by atoms with Crippen LogP contribution in [0.2, 0.25) is 0 Å². The summed E-state index contributed by atoms with van der Waals surface area (Å²) in [4.78, 5) is 30.3. The molecule has 42 heavy (non-hydrogen) atoms. The van der Waals surface area contributed by atoms with Crippen molar-refractivity contribution in [1.29, 1.82) is 0 Å². The second-order valence-corrected chi connectivity index (χ2v) is 14.3. The van der Waals surface area contributed by atoms with Crippen molar-refractivity contribution in [2.75, 3.05) is 18.8 Å². The first-order valence-electron chi connectivity index (χ1n) is 15.7. The number of allylic oxidation sites excluding steroid dienone is 2. The van der Waals surface area contributed by atoms with Gasteiger partial charge in [-0.3, -0.25) is 14.5 Å². The second-order valence-electron chi connectivity index (χ2n) is 13.2. The van der Waals surface area contributed by atoms with E-state index in [0.29, 0.717) is 41.7 Å². The number of likely N-dealkylation sites (tertiary alicyclic amines) is 1. The summed E-state index contributed by atoms with van der Waals surface area (Å²) in [5, 5.41) is 28.4. The zero-order chi connectivity index (χ0) is 30.9. The minimum Gasteiger partial charge on any atom is -0.508 e. The Morgan fingerprint density at radius 3 is 2.38 bits per heavy atom. The van der Waals surface area contributed by atoms with Gasteiger partial charge in [-0.15, -0.1) is 11.8 Å². The van der Waals surface area contributed by atoms with E-state index in [1.807, 2.05) is 58.0 Å². The Kier molecular flexibility index (Phi) is 13.0. The summed E-state index contributed by atoms with van der Waals surface area (Å²) < 4.78 is 0. The highest BCUT2D eigenvalue weighted by Crippen LogP contribution is 2.36. The number of hydrogen-bond acceptors (Lipinski definition) is 6. The summed E-state index contributed by atoms with van der Waals surface area (Å²) in [7, 11) is 0. The van der Waals surface area contributed by atoms with Crippen LogP contribution in [0.1, 0.15) is 86.5 Å². The molecule has 8 heteroatoms. The highest BCUT2D eigenvalue weighted by atomic mass is 32.2. The summed E-state index contributed by atoms with van der Waals surface area (Å²) >= 11 is 1.58. The van der Waals surface area contributed by atoms with E-state index in [1.54, 1.807) is 31.7 Å². The summed E-state index contributed by atoms with van der Waals surface area (Å²) in [6.07, 6.45) is 8.13. The Hall–Kier alpha value is -2.29. The van der Waals surface area contributed by atoms with E-state index >= 15 is 0 Å². The van der Waals surface area contributed by atoms with Crippen LogP contribution in [0.5, 0.6) is 0 Å². The third-order valence-corrected chi connectivity index (χ3v) is 9.62. The van der Waals surface area contributed by atoms with Crippen molar-refractivity contribution in [1.82, 2.24) is 15.5 Å². The maximum atomic E-state index is 13.6. The molecule has 2 fully saturated rings. The van der Waals surface area contributed by atoms with Crippen molar-refractivity contribution >= 4 is 23.6 Å². The van der Waals surface area contributed by atoms with Gasteiger partial charge in [-0.1, -0.05) is 44.4 Å². The summed E-state index contributed by atoms with van der Waals surface area (Å²) in [6.45, 7) is 12.4. The Balaban J connectivity index is 1.85. The first kappa shape index (κ1) is 34.2. The molecule has 2 bridgehead atoms. The van der Waals surface area contributed by atoms with Crippen LogP contribution in [0.3, 0.4) is 0 Å². The number of β-amino-alcohol motifs (C(OH)–C–C–N with tert-alkyl or cyclic N) is 1. The number of nitrogens with zero attached hydrogens (tertiary/aromatic N) is 1. The number of carbonyl (C=O) groups excluding carboxylic acids is 2. The highest BCUT2D eigenvalue weighted by Gasteiger charge is 2.38. The van der Waals surface area contributed by atoms with Crippen LogP contribution in [0, 0.1) is 11.8 Å². The zero-order valence-corrected chi connectivity index (χ0v) is 27.3. The van der Waals surface area contributed by atoms with E-state index < -0.39 is 12.1 Å². The molecule has 3 rings (SSSR count). The third kappa shape index (κ3) is 10.5. The molecule has 2 aliphatic rings. The maximum absolute atomic E-state index is 13.6. The Morgan fingerprint density at radius 1 is 1.07 bits per heavy atom. The van der Waals surface area contributed by atoms with Gasteiger partial charge in [0.05, 0.1) is 18.2 Å². The van der Waals surface area contributed by atoms with Crippen LogP contribution >= 0.6 is 11.8 Å². The molecule has 1 aromatic carbocycles. The van der Waals surface area contributed by atoms with E-state index in [-0.39, 0.29) is 29.2 Å². The number of rotatable bonds is 11. The van der Waals surface area contributed by atoms with Gasteiger partial charge in [0.25, 0.3) is 0 Å². The number of fused-ring (bicyclic) bond motifs is 2. The van der Waals surface area contributed by atoms with Gasteiger partial charge in [0.1, 0.15) is 5.76 Å². The topological polar surface area (TPSA) is 102 Å². The number of aliphatic hydroxyl groups excluding tert-OH is 2. The average molecular weight is 600 g/mol. The van der Waals surface area contributed by atoms with Crippen molar-refractivity contribution in [2.24, 2.45) is 11.8 Å². The molecule has 7 nitrogen and oxygen atoms in total. The molecule has 0 aromatic heterocycles. The largest absolute Gasteiger partial charge is 0.508 e. The molecule has 234 valence electrons. The molecule has 2 amide bonds. The number of benzene rings is 1. The van der Waals surface area contributed by atoms with Crippen molar-refractivity contribution in [3.63, 3.8) is 0 Å². The third-order valence-electron chi connectivity index (χ3n) is 8.49. The van der Waals surface area contributed by atoms with Gasteiger partial charge in [0.2, 0.25) is 11.8 Å². The van der Waals surface area contributed by atoms with Crippen molar-refractivity contribution < 1.29 is 19.8 Å². The molecule has 1 saturated carbocycles. The minimum absolute atomic E-state index is 0.0211. The predicted molar refractivity (Wildman–Crippen MR) is 172 cm³/mol. The van der Waals surface area contributed by atoms with Crippen LogP contribution in [0.4, 0.5) is 0 Å². The van der Waals surface area contributed by atoms with Gasteiger partial charge in [0, 0.05) is 34.8 Å². The van der Waals surface area contributed by atoms with Gasteiger partial charge in [-0.25, -0.2) is 0 Å². The first-order valence-corrected chi connectivity index (χ1v) is 16.7. The van der Waals surface area contributed by atoms with Gasteiger partial charge >= 0.3 is 0 Å². The van der Waals surface area contributed by atoms with E-state index in [2.05, 4.69) is 15.5 Å². The number of thioether (sulfide) groups is 1. The molecule has 5 atom stereocenters. The number of hydrogen-bond donors (Lipinski definition) is 4. The Morgan fingerprint density at radius 2 is 1.74 bits per heavy atom. The Bertz CT molecular complexity index is 1100. The lowest BCUT2D eigenvalue weighted by Gasteiger charge is -2.36. The normalized spacial score (nSPS) is 24.1. The van der Waals surface area contributed by atoms with Gasteiger partial charge in [-0.05, 0) is 95.9 Å². The van der Waals surface area contributed by atoms with Crippen LogP contribution in [0.25, 0.3) is 0 Å². The lowest BCUT2D eigenvalue weighted by molar-refractivity contribution is -0.129. The maximum Gasteiger partial charge on any atom is 0.247 e. The van der Waals surface area contributed by atoms with Crippen LogP contribution in [-0.4, -0.2) is 69.5 Å². The first-order chi connectivity index (χ1) is 19.9. The van der Waals surface area contributed by atoms with E-state index in [9.17, 15) is 19.8 Å².